The van der Waals surface area contributed by atoms with Gasteiger partial charge in [0, 0.05) is 44.5 Å². The van der Waals surface area contributed by atoms with Gasteiger partial charge in [-0.1, -0.05) is 0 Å². The van der Waals surface area contributed by atoms with Crippen molar-refractivity contribution in [1.82, 2.24) is 34.4 Å². The molecule has 1 amide bonds. The zero-order valence-corrected chi connectivity index (χ0v) is 16.0. The highest BCUT2D eigenvalue weighted by Gasteiger charge is 2.36. The lowest BCUT2D eigenvalue weighted by Crippen LogP contribution is -2.32. The number of nitrogens with one attached hydrogen (secondary N) is 1. The molecule has 1 saturated carbocycles. The Morgan fingerprint density at radius 2 is 1.93 bits per heavy atom. The lowest BCUT2D eigenvalue weighted by Gasteiger charge is -2.17. The number of hydrogen-bond donors (Lipinski definition) is 1. The zero-order valence-electron chi connectivity index (χ0n) is 16.0. The highest BCUT2D eigenvalue weighted by Crippen LogP contribution is 2.32. The molecular formula is C19H22N8O. The normalized spacial score (nSPS) is 19.4. The van der Waals surface area contributed by atoms with Crippen LogP contribution in [-0.4, -0.2) is 59.4 Å². The summed E-state index contributed by atoms with van der Waals surface area (Å²) in [7, 11) is 1.92. The minimum Gasteiger partial charge on any atom is -0.364 e. The van der Waals surface area contributed by atoms with E-state index in [1.807, 2.05) is 23.4 Å². The number of carbonyl (C=O) groups is 1. The van der Waals surface area contributed by atoms with Crippen LogP contribution in [0, 0.1) is 12.8 Å². The van der Waals surface area contributed by atoms with E-state index < -0.39 is 0 Å². The van der Waals surface area contributed by atoms with E-state index in [4.69, 9.17) is 4.98 Å². The Kier molecular flexibility index (Phi) is 3.96. The van der Waals surface area contributed by atoms with Crippen LogP contribution in [0.4, 0.5) is 5.82 Å². The van der Waals surface area contributed by atoms with Gasteiger partial charge in [0.1, 0.15) is 18.0 Å². The molecule has 28 heavy (non-hydrogen) atoms. The number of fused-ring (bicyclic) bond motifs is 1. The fourth-order valence-electron chi connectivity index (χ4n) is 3.73. The van der Waals surface area contributed by atoms with Gasteiger partial charge in [0.05, 0.1) is 5.56 Å². The first-order valence-electron chi connectivity index (χ1n) is 9.62. The smallest absolute Gasteiger partial charge is 0.225 e. The monoisotopic (exact) mass is 378 g/mol. The first-order chi connectivity index (χ1) is 13.6. The summed E-state index contributed by atoms with van der Waals surface area (Å²) in [6.45, 7) is 3.37. The number of carbonyl (C=O) groups excluding carboxylic acids is 1. The van der Waals surface area contributed by atoms with Crippen LogP contribution in [0.5, 0.6) is 0 Å². The molecule has 1 unspecified atom stereocenters. The van der Waals surface area contributed by atoms with Gasteiger partial charge in [0.15, 0.2) is 17.0 Å². The largest absolute Gasteiger partial charge is 0.364 e. The summed E-state index contributed by atoms with van der Waals surface area (Å²) < 4.78 is 1.92. The van der Waals surface area contributed by atoms with Crippen LogP contribution in [0.1, 0.15) is 25.1 Å². The van der Waals surface area contributed by atoms with Crippen molar-refractivity contribution in [1.29, 1.82) is 0 Å². The predicted octanol–water partition coefficient (Wildman–Crippen LogP) is 1.55. The third-order valence-electron chi connectivity index (χ3n) is 5.46. The highest BCUT2D eigenvalue weighted by atomic mass is 16.2. The number of anilines is 1. The summed E-state index contributed by atoms with van der Waals surface area (Å²) >= 11 is 0. The van der Waals surface area contributed by atoms with E-state index in [0.717, 1.165) is 48.7 Å². The predicted molar refractivity (Wildman–Crippen MR) is 103 cm³/mol. The maximum Gasteiger partial charge on any atom is 0.225 e. The average molecular weight is 378 g/mol. The third kappa shape index (κ3) is 2.96. The average Bonchev–Trinajstić information content (AvgIpc) is 3.36. The van der Waals surface area contributed by atoms with Crippen molar-refractivity contribution in [3.63, 3.8) is 0 Å². The fraction of sp³-hybridized carbons (Fsp3) is 0.474. The van der Waals surface area contributed by atoms with E-state index in [1.54, 1.807) is 18.7 Å². The maximum absolute atomic E-state index is 12.3. The molecule has 0 radical (unpaired) electrons. The lowest BCUT2D eigenvalue weighted by molar-refractivity contribution is -0.131. The van der Waals surface area contributed by atoms with Gasteiger partial charge in [-0.3, -0.25) is 4.79 Å². The number of hydrogen-bond acceptors (Lipinski definition) is 7. The van der Waals surface area contributed by atoms with Gasteiger partial charge >= 0.3 is 0 Å². The van der Waals surface area contributed by atoms with E-state index in [2.05, 4.69) is 25.3 Å². The summed E-state index contributed by atoms with van der Waals surface area (Å²) in [5, 5.41) is 3.48. The molecule has 1 atom stereocenters. The highest BCUT2D eigenvalue weighted by molar-refractivity contribution is 5.86. The van der Waals surface area contributed by atoms with Crippen molar-refractivity contribution in [3.05, 3.63) is 24.5 Å². The number of nitrogens with zero attached hydrogens (tertiary/aromatic N) is 7. The molecule has 1 N–H and O–H groups in total. The van der Waals surface area contributed by atoms with Crippen molar-refractivity contribution >= 4 is 22.9 Å². The van der Waals surface area contributed by atoms with Crippen molar-refractivity contribution in [2.75, 3.05) is 18.4 Å². The third-order valence-corrected chi connectivity index (χ3v) is 5.46. The van der Waals surface area contributed by atoms with Crippen molar-refractivity contribution in [3.8, 4) is 11.4 Å². The Labute approximate surface area is 162 Å². The molecule has 4 heterocycles. The molecule has 0 bridgehead atoms. The van der Waals surface area contributed by atoms with Gasteiger partial charge in [-0.25, -0.2) is 24.9 Å². The molecule has 2 fully saturated rings. The number of imidazole rings is 1. The van der Waals surface area contributed by atoms with Crippen LogP contribution in [0.25, 0.3) is 22.6 Å². The van der Waals surface area contributed by atoms with Gasteiger partial charge in [-0.2, -0.15) is 0 Å². The first-order valence-corrected chi connectivity index (χ1v) is 9.62. The lowest BCUT2D eigenvalue weighted by atomic mass is 10.2. The standard InChI is InChI=1S/C19H22N8O/c1-11-20-7-13(8-21-11)17-25-15-16(22-10-23-18(15)26(17)2)24-14-5-6-27(9-14)19(28)12-3-4-12/h7-8,10,12,14H,3-6,9H2,1-2H3,(H,22,23,24). The molecule has 3 aromatic rings. The summed E-state index contributed by atoms with van der Waals surface area (Å²) in [4.78, 5) is 36.4. The van der Waals surface area contributed by atoms with Crippen LogP contribution in [0.2, 0.25) is 0 Å². The Balaban J connectivity index is 1.41. The van der Waals surface area contributed by atoms with Gasteiger partial charge < -0.3 is 14.8 Å². The molecule has 3 aromatic heterocycles. The van der Waals surface area contributed by atoms with E-state index in [-0.39, 0.29) is 12.0 Å². The fourth-order valence-corrected chi connectivity index (χ4v) is 3.73. The molecule has 1 aliphatic heterocycles. The van der Waals surface area contributed by atoms with Crippen LogP contribution < -0.4 is 5.32 Å². The topological polar surface area (TPSA) is 102 Å². The number of likely N-dealkylation sites (tertiary alicyclic amines) is 1. The van der Waals surface area contributed by atoms with Gasteiger partial charge in [-0.05, 0) is 26.2 Å². The van der Waals surface area contributed by atoms with Crippen LogP contribution in [0.15, 0.2) is 18.7 Å². The van der Waals surface area contributed by atoms with E-state index in [0.29, 0.717) is 23.8 Å². The zero-order chi connectivity index (χ0) is 19.3. The van der Waals surface area contributed by atoms with Gasteiger partial charge in [0.25, 0.3) is 0 Å². The SMILES string of the molecule is Cc1ncc(-c2nc3c(NC4CCN(C(=O)C5CC5)C4)ncnc3n2C)cn1. The Bertz CT molecular complexity index is 1040. The molecule has 1 saturated heterocycles. The second-order valence-electron chi connectivity index (χ2n) is 7.60. The summed E-state index contributed by atoms with van der Waals surface area (Å²) in [6.07, 6.45) is 8.07. The second-order valence-corrected chi connectivity index (χ2v) is 7.60. The molecule has 2 aliphatic rings. The minimum absolute atomic E-state index is 0.175. The quantitative estimate of drug-likeness (QED) is 0.735. The van der Waals surface area contributed by atoms with Gasteiger partial charge in [0.2, 0.25) is 5.91 Å². The summed E-state index contributed by atoms with van der Waals surface area (Å²) in [5.74, 6) is 2.73. The van der Waals surface area contributed by atoms with Gasteiger partial charge in [-0.15, -0.1) is 0 Å². The number of aromatic nitrogens is 6. The van der Waals surface area contributed by atoms with Crippen LogP contribution in [-0.2, 0) is 11.8 Å². The Morgan fingerprint density at radius 3 is 2.68 bits per heavy atom. The number of amides is 1. The molecule has 0 aromatic carbocycles. The van der Waals surface area contributed by atoms with Crippen LogP contribution in [0.3, 0.4) is 0 Å². The van der Waals surface area contributed by atoms with Crippen molar-refractivity contribution in [2.45, 2.75) is 32.2 Å². The summed E-state index contributed by atoms with van der Waals surface area (Å²) in [6, 6.07) is 0.175. The van der Waals surface area contributed by atoms with E-state index in [1.165, 1.54) is 0 Å². The molecule has 5 rings (SSSR count). The molecule has 9 heteroatoms. The van der Waals surface area contributed by atoms with Crippen molar-refractivity contribution in [2.24, 2.45) is 13.0 Å². The van der Waals surface area contributed by atoms with E-state index in [9.17, 15) is 4.79 Å². The Hall–Kier alpha value is -3.10. The second kappa shape index (κ2) is 6.50. The van der Waals surface area contributed by atoms with Crippen molar-refractivity contribution < 1.29 is 4.79 Å². The first kappa shape index (κ1) is 17.0. The molecule has 9 nitrogen and oxygen atoms in total. The molecule has 144 valence electrons. The number of rotatable bonds is 4. The Morgan fingerprint density at radius 1 is 1.14 bits per heavy atom. The number of aryl methyl sites for hydroxylation is 2. The molecule has 0 spiro atoms. The minimum atomic E-state index is 0.175. The maximum atomic E-state index is 12.3. The van der Waals surface area contributed by atoms with Crippen LogP contribution >= 0.6 is 0 Å². The van der Waals surface area contributed by atoms with E-state index >= 15 is 0 Å². The summed E-state index contributed by atoms with van der Waals surface area (Å²) in [5.41, 5.74) is 2.30. The molecular weight excluding hydrogens is 356 g/mol. The molecule has 1 aliphatic carbocycles.